The van der Waals surface area contributed by atoms with E-state index in [1.54, 1.807) is 0 Å². The standard InChI is InChI=1S/C27H28F7NO3/c28-22-12-14-1-8-23(38-20-6-2-17(3-7-20)26(29,30)31)24(27(32,33)34)21(14)11-16(22)13-35-18-4-5-19(35)10-15(9-18)25(36)37/h1,8,11-12,15,17-20H,2-7,9-10,13H2,(H,36,37)/t15?,17-,18?,19?,20+. The number of ether oxygens (including phenoxy) is 1. The minimum Gasteiger partial charge on any atom is -0.490 e. The number of hydrogen-bond donors (Lipinski definition) is 1. The van der Waals surface area contributed by atoms with Crippen LogP contribution in [-0.2, 0) is 17.5 Å². The van der Waals surface area contributed by atoms with Crippen LogP contribution in [0.15, 0.2) is 24.3 Å². The van der Waals surface area contributed by atoms with E-state index in [9.17, 15) is 36.2 Å². The van der Waals surface area contributed by atoms with Crippen molar-refractivity contribution in [3.05, 3.63) is 41.2 Å². The second kappa shape index (κ2) is 9.88. The summed E-state index contributed by atoms with van der Waals surface area (Å²) in [5.74, 6) is -3.95. The highest BCUT2D eigenvalue weighted by Crippen LogP contribution is 2.45. The molecular weight excluding hydrogens is 519 g/mol. The Balaban J connectivity index is 1.43. The van der Waals surface area contributed by atoms with Gasteiger partial charge in [-0.3, -0.25) is 9.69 Å². The van der Waals surface area contributed by atoms with Gasteiger partial charge in [0.05, 0.1) is 17.9 Å². The van der Waals surface area contributed by atoms with Gasteiger partial charge < -0.3 is 9.84 Å². The molecule has 3 fully saturated rings. The quantitative estimate of drug-likeness (QED) is 0.399. The Labute approximate surface area is 214 Å². The first kappa shape index (κ1) is 27.0. The van der Waals surface area contributed by atoms with E-state index >= 15 is 4.39 Å². The lowest BCUT2D eigenvalue weighted by molar-refractivity contribution is -0.185. The minimum absolute atomic E-state index is 0.0107. The van der Waals surface area contributed by atoms with Gasteiger partial charge in [-0.2, -0.15) is 26.3 Å². The number of benzene rings is 2. The number of alkyl halides is 6. The highest BCUT2D eigenvalue weighted by Gasteiger charge is 2.44. The summed E-state index contributed by atoms with van der Waals surface area (Å²) in [5.41, 5.74) is -0.988. The van der Waals surface area contributed by atoms with Crippen molar-refractivity contribution >= 4 is 16.7 Å². The fourth-order valence-electron chi connectivity index (χ4n) is 6.50. The maximum absolute atomic E-state index is 15.1. The van der Waals surface area contributed by atoms with Crippen LogP contribution in [0.1, 0.15) is 62.5 Å². The molecule has 0 radical (unpaired) electrons. The molecule has 11 heteroatoms. The topological polar surface area (TPSA) is 49.8 Å². The first-order chi connectivity index (χ1) is 17.8. The maximum atomic E-state index is 15.1. The maximum Gasteiger partial charge on any atom is 0.420 e. The number of aliphatic carboxylic acids is 1. The van der Waals surface area contributed by atoms with E-state index < -0.39 is 53.4 Å². The molecule has 3 aliphatic rings. The van der Waals surface area contributed by atoms with Crippen LogP contribution in [0, 0.1) is 17.7 Å². The SMILES string of the molecule is O=C(O)C1CC2CCC(C1)N2Cc1cc2c(C(F)(F)F)c(O[C@H]3CC[C@@H](C(F)(F)F)CC3)ccc2cc1F. The molecule has 2 bridgehead atoms. The third-order valence-corrected chi connectivity index (χ3v) is 8.45. The number of hydrogen-bond acceptors (Lipinski definition) is 3. The number of rotatable bonds is 5. The molecule has 1 N–H and O–H groups in total. The molecule has 2 aliphatic heterocycles. The van der Waals surface area contributed by atoms with Crippen LogP contribution in [-0.4, -0.2) is 40.3 Å². The van der Waals surface area contributed by atoms with Crippen molar-refractivity contribution in [1.29, 1.82) is 0 Å². The Morgan fingerprint density at radius 2 is 1.58 bits per heavy atom. The van der Waals surface area contributed by atoms with Crippen LogP contribution in [0.25, 0.3) is 10.8 Å². The van der Waals surface area contributed by atoms with E-state index in [-0.39, 0.29) is 60.6 Å². The molecule has 2 aromatic rings. The van der Waals surface area contributed by atoms with E-state index in [0.717, 1.165) is 25.0 Å². The van der Waals surface area contributed by atoms with Gasteiger partial charge >= 0.3 is 18.3 Å². The Morgan fingerprint density at radius 1 is 0.947 bits per heavy atom. The Morgan fingerprint density at radius 3 is 2.13 bits per heavy atom. The molecule has 2 heterocycles. The van der Waals surface area contributed by atoms with E-state index in [1.165, 1.54) is 12.1 Å². The molecule has 5 rings (SSSR count). The van der Waals surface area contributed by atoms with Crippen molar-refractivity contribution in [2.75, 3.05) is 0 Å². The molecule has 2 aromatic carbocycles. The van der Waals surface area contributed by atoms with Crippen molar-refractivity contribution in [2.45, 2.75) is 88.5 Å². The number of fused-ring (bicyclic) bond motifs is 3. The number of nitrogens with zero attached hydrogens (tertiary/aromatic N) is 1. The lowest BCUT2D eigenvalue weighted by Gasteiger charge is -2.37. The number of halogens is 7. The largest absolute Gasteiger partial charge is 0.490 e. The summed E-state index contributed by atoms with van der Waals surface area (Å²) in [6.07, 6.45) is -8.05. The molecule has 2 unspecified atom stereocenters. The Kier molecular flexibility index (Phi) is 7.02. The molecule has 38 heavy (non-hydrogen) atoms. The second-order valence-corrected chi connectivity index (χ2v) is 10.8. The monoisotopic (exact) mass is 547 g/mol. The Hall–Kier alpha value is -2.56. The molecule has 208 valence electrons. The van der Waals surface area contributed by atoms with Crippen LogP contribution in [0.2, 0.25) is 0 Å². The van der Waals surface area contributed by atoms with Gasteiger partial charge in [-0.1, -0.05) is 6.07 Å². The normalized spacial score (nSPS) is 28.6. The summed E-state index contributed by atoms with van der Waals surface area (Å²) in [6.45, 7) is 0.0628. The summed E-state index contributed by atoms with van der Waals surface area (Å²) in [5, 5.41) is 9.20. The minimum atomic E-state index is -4.84. The van der Waals surface area contributed by atoms with Crippen molar-refractivity contribution in [3.63, 3.8) is 0 Å². The fraction of sp³-hybridized carbons (Fsp3) is 0.593. The number of carbonyl (C=O) groups is 1. The fourth-order valence-corrected chi connectivity index (χ4v) is 6.50. The summed E-state index contributed by atoms with van der Waals surface area (Å²) in [6, 6.07) is 4.53. The molecule has 0 aromatic heterocycles. The third-order valence-electron chi connectivity index (χ3n) is 8.45. The van der Waals surface area contributed by atoms with E-state index in [2.05, 4.69) is 0 Å². The van der Waals surface area contributed by atoms with E-state index in [4.69, 9.17) is 4.74 Å². The van der Waals surface area contributed by atoms with Crippen LogP contribution in [0.3, 0.4) is 0 Å². The molecular formula is C27H28F7NO3. The van der Waals surface area contributed by atoms with E-state index in [1.807, 2.05) is 4.90 Å². The molecule has 0 spiro atoms. The smallest absolute Gasteiger partial charge is 0.420 e. The molecule has 1 aliphatic carbocycles. The van der Waals surface area contributed by atoms with Gasteiger partial charge in [0.25, 0.3) is 0 Å². The van der Waals surface area contributed by atoms with Gasteiger partial charge in [0.15, 0.2) is 0 Å². The number of carboxylic acids is 1. The van der Waals surface area contributed by atoms with Gasteiger partial charge in [0, 0.05) is 24.2 Å². The lowest BCUT2D eigenvalue weighted by Crippen LogP contribution is -2.44. The van der Waals surface area contributed by atoms with Crippen LogP contribution in [0.5, 0.6) is 5.75 Å². The average molecular weight is 548 g/mol. The van der Waals surface area contributed by atoms with Gasteiger partial charge in [0.2, 0.25) is 0 Å². The second-order valence-electron chi connectivity index (χ2n) is 10.8. The molecule has 0 amide bonds. The van der Waals surface area contributed by atoms with Crippen LogP contribution < -0.4 is 4.74 Å². The highest BCUT2D eigenvalue weighted by molar-refractivity contribution is 5.89. The first-order valence-electron chi connectivity index (χ1n) is 12.9. The highest BCUT2D eigenvalue weighted by atomic mass is 19.4. The predicted octanol–water partition coefficient (Wildman–Crippen LogP) is 7.33. The van der Waals surface area contributed by atoms with E-state index in [0.29, 0.717) is 12.8 Å². The zero-order chi connectivity index (χ0) is 27.4. The molecule has 4 nitrogen and oxygen atoms in total. The first-order valence-corrected chi connectivity index (χ1v) is 12.9. The predicted molar refractivity (Wildman–Crippen MR) is 124 cm³/mol. The zero-order valence-electron chi connectivity index (χ0n) is 20.4. The lowest BCUT2D eigenvalue weighted by atomic mass is 9.87. The van der Waals surface area contributed by atoms with Crippen molar-refractivity contribution in [1.82, 2.24) is 4.90 Å². The van der Waals surface area contributed by atoms with Gasteiger partial charge in [-0.25, -0.2) is 4.39 Å². The molecule has 1 saturated carbocycles. The summed E-state index contributed by atoms with van der Waals surface area (Å²) in [4.78, 5) is 13.5. The molecule has 2 saturated heterocycles. The van der Waals surface area contributed by atoms with Crippen molar-refractivity contribution in [2.24, 2.45) is 11.8 Å². The third kappa shape index (κ3) is 5.31. The van der Waals surface area contributed by atoms with Crippen LogP contribution in [0.4, 0.5) is 30.7 Å². The Bertz CT molecular complexity index is 1190. The van der Waals surface area contributed by atoms with Gasteiger partial charge in [0.1, 0.15) is 17.1 Å². The summed E-state index contributed by atoms with van der Waals surface area (Å²) < 4.78 is 103. The molecule has 2 atom stereocenters. The number of carboxylic acid groups (broad SMARTS) is 1. The summed E-state index contributed by atoms with van der Waals surface area (Å²) >= 11 is 0. The van der Waals surface area contributed by atoms with Gasteiger partial charge in [-0.05, 0) is 80.3 Å². The van der Waals surface area contributed by atoms with Gasteiger partial charge in [-0.15, -0.1) is 0 Å². The average Bonchev–Trinajstić information content (AvgIpc) is 3.04. The van der Waals surface area contributed by atoms with Crippen LogP contribution >= 0.6 is 0 Å². The number of piperidine rings is 1. The zero-order valence-corrected chi connectivity index (χ0v) is 20.4. The van der Waals surface area contributed by atoms with Crippen molar-refractivity contribution in [3.8, 4) is 5.75 Å². The van der Waals surface area contributed by atoms with Crippen molar-refractivity contribution < 1.29 is 45.4 Å². The summed E-state index contributed by atoms with van der Waals surface area (Å²) in [7, 11) is 0.